The molecule has 5 heteroatoms. The van der Waals surface area contributed by atoms with Crippen LogP contribution in [0.2, 0.25) is 0 Å². The predicted octanol–water partition coefficient (Wildman–Crippen LogP) is 2.19. The van der Waals surface area contributed by atoms with E-state index in [2.05, 4.69) is 0 Å². The van der Waals surface area contributed by atoms with Gasteiger partial charge in [-0.25, -0.2) is 0 Å². The van der Waals surface area contributed by atoms with E-state index in [9.17, 15) is 14.4 Å². The molecule has 0 spiro atoms. The predicted molar refractivity (Wildman–Crippen MR) is 75.4 cm³/mol. The van der Waals surface area contributed by atoms with Crippen LogP contribution in [-0.2, 0) is 23.9 Å². The van der Waals surface area contributed by atoms with Crippen LogP contribution in [0.3, 0.4) is 0 Å². The number of Topliss-reactive ketones (excluding diaryl/α,β-unsaturated/α-hetero) is 1. The molecule has 0 aromatic rings. The first-order valence-electron chi connectivity index (χ1n) is 7.59. The number of fused-ring (bicyclic) bond motifs is 1. The largest absolute Gasteiger partial charge is 0.465 e. The standard InChI is InChI=1S/C16H22O5/c1-4-11-12-9-16(14(18)20-5-2,15(19)21-6-3)8-10(12)7-13(11)17/h10H,4-9H2,1-3H3. The summed E-state index contributed by atoms with van der Waals surface area (Å²) in [7, 11) is 0. The molecule has 2 aliphatic carbocycles. The summed E-state index contributed by atoms with van der Waals surface area (Å²) in [5, 5.41) is 0. The van der Waals surface area contributed by atoms with Gasteiger partial charge in [-0.15, -0.1) is 0 Å². The van der Waals surface area contributed by atoms with Gasteiger partial charge < -0.3 is 9.47 Å². The van der Waals surface area contributed by atoms with Gasteiger partial charge in [-0.05, 0) is 44.6 Å². The van der Waals surface area contributed by atoms with E-state index in [0.717, 1.165) is 11.1 Å². The van der Waals surface area contributed by atoms with Crippen LogP contribution in [0.25, 0.3) is 0 Å². The highest BCUT2D eigenvalue weighted by atomic mass is 16.6. The Labute approximate surface area is 124 Å². The summed E-state index contributed by atoms with van der Waals surface area (Å²) < 4.78 is 10.2. The molecule has 0 aromatic carbocycles. The van der Waals surface area contributed by atoms with E-state index in [1.165, 1.54) is 0 Å². The van der Waals surface area contributed by atoms with Crippen molar-refractivity contribution in [3.05, 3.63) is 11.1 Å². The summed E-state index contributed by atoms with van der Waals surface area (Å²) in [5.41, 5.74) is 0.492. The molecular weight excluding hydrogens is 272 g/mol. The molecule has 0 heterocycles. The van der Waals surface area contributed by atoms with E-state index in [0.29, 0.717) is 19.3 Å². The fraction of sp³-hybridized carbons (Fsp3) is 0.688. The highest BCUT2D eigenvalue weighted by Crippen LogP contribution is 2.53. The fourth-order valence-electron chi connectivity index (χ4n) is 3.52. The SMILES string of the molecule is CCOC(=O)C1(C(=O)OCC)CC2=C(CC)C(=O)CC2C1. The number of hydrogen-bond donors (Lipinski definition) is 0. The van der Waals surface area contributed by atoms with Gasteiger partial charge >= 0.3 is 11.9 Å². The zero-order chi connectivity index (χ0) is 15.6. The monoisotopic (exact) mass is 294 g/mol. The molecule has 5 nitrogen and oxygen atoms in total. The van der Waals surface area contributed by atoms with E-state index in [1.54, 1.807) is 13.8 Å². The topological polar surface area (TPSA) is 69.7 Å². The average molecular weight is 294 g/mol. The maximum Gasteiger partial charge on any atom is 0.323 e. The smallest absolute Gasteiger partial charge is 0.323 e. The maximum atomic E-state index is 12.4. The third-order valence-electron chi connectivity index (χ3n) is 4.42. The number of hydrogen-bond acceptors (Lipinski definition) is 5. The quantitative estimate of drug-likeness (QED) is 0.574. The maximum absolute atomic E-state index is 12.4. The number of carbonyl (C=O) groups is 3. The molecule has 0 amide bonds. The molecule has 0 radical (unpaired) electrons. The Balaban J connectivity index is 2.37. The molecule has 1 atom stereocenters. The second-order valence-electron chi connectivity index (χ2n) is 5.59. The van der Waals surface area contributed by atoms with Gasteiger partial charge in [0.05, 0.1) is 13.2 Å². The molecule has 0 aliphatic heterocycles. The van der Waals surface area contributed by atoms with Gasteiger partial charge in [0.15, 0.2) is 11.2 Å². The van der Waals surface area contributed by atoms with Crippen molar-refractivity contribution in [2.45, 2.75) is 46.5 Å². The summed E-state index contributed by atoms with van der Waals surface area (Å²) in [6.07, 6.45) is 1.64. The minimum atomic E-state index is -1.26. The lowest BCUT2D eigenvalue weighted by molar-refractivity contribution is -0.171. The normalized spacial score (nSPS) is 23.2. The van der Waals surface area contributed by atoms with Gasteiger partial charge in [-0.1, -0.05) is 12.5 Å². The first-order valence-corrected chi connectivity index (χ1v) is 7.59. The van der Waals surface area contributed by atoms with Crippen molar-refractivity contribution in [2.24, 2.45) is 11.3 Å². The fourth-order valence-corrected chi connectivity index (χ4v) is 3.52. The molecule has 1 unspecified atom stereocenters. The van der Waals surface area contributed by atoms with E-state index in [4.69, 9.17) is 9.47 Å². The van der Waals surface area contributed by atoms with Gasteiger partial charge in [0, 0.05) is 6.42 Å². The lowest BCUT2D eigenvalue weighted by Gasteiger charge is -2.24. The molecule has 1 fully saturated rings. The Bertz CT molecular complexity index is 485. The van der Waals surface area contributed by atoms with Crippen LogP contribution in [0.5, 0.6) is 0 Å². The van der Waals surface area contributed by atoms with Crippen molar-refractivity contribution in [1.29, 1.82) is 0 Å². The van der Waals surface area contributed by atoms with Gasteiger partial charge in [0.2, 0.25) is 0 Å². The Morgan fingerprint density at radius 2 is 1.71 bits per heavy atom. The molecular formula is C16H22O5. The van der Waals surface area contributed by atoms with Crippen molar-refractivity contribution < 1.29 is 23.9 Å². The van der Waals surface area contributed by atoms with Crippen molar-refractivity contribution in [3.63, 3.8) is 0 Å². The van der Waals surface area contributed by atoms with Crippen LogP contribution in [0.4, 0.5) is 0 Å². The van der Waals surface area contributed by atoms with E-state index in [-0.39, 0.29) is 31.3 Å². The molecule has 21 heavy (non-hydrogen) atoms. The van der Waals surface area contributed by atoms with Gasteiger partial charge in [0.25, 0.3) is 0 Å². The number of ketones is 1. The summed E-state index contributed by atoms with van der Waals surface area (Å²) in [5.74, 6) is -0.901. The summed E-state index contributed by atoms with van der Waals surface area (Å²) in [4.78, 5) is 36.7. The van der Waals surface area contributed by atoms with Gasteiger partial charge in [-0.3, -0.25) is 14.4 Å². The average Bonchev–Trinajstić information content (AvgIpc) is 2.93. The number of rotatable bonds is 5. The summed E-state index contributed by atoms with van der Waals surface area (Å²) in [6, 6.07) is 0. The highest BCUT2D eigenvalue weighted by molar-refractivity contribution is 6.04. The molecule has 0 N–H and O–H groups in total. The van der Waals surface area contributed by atoms with Crippen LogP contribution in [0.15, 0.2) is 11.1 Å². The molecule has 116 valence electrons. The minimum absolute atomic E-state index is 0.0127. The number of allylic oxidation sites excluding steroid dienone is 2. The van der Waals surface area contributed by atoms with Crippen molar-refractivity contribution >= 4 is 17.7 Å². The molecule has 2 aliphatic rings. The molecule has 0 bridgehead atoms. The Morgan fingerprint density at radius 1 is 1.14 bits per heavy atom. The first kappa shape index (κ1) is 15.7. The Morgan fingerprint density at radius 3 is 2.19 bits per heavy atom. The van der Waals surface area contributed by atoms with Crippen LogP contribution in [-0.4, -0.2) is 30.9 Å². The van der Waals surface area contributed by atoms with E-state index >= 15 is 0 Å². The van der Waals surface area contributed by atoms with E-state index < -0.39 is 17.4 Å². The summed E-state index contributed by atoms with van der Waals surface area (Å²) >= 11 is 0. The Kier molecular flexibility index (Phi) is 4.49. The second kappa shape index (κ2) is 6.00. The van der Waals surface area contributed by atoms with Crippen LogP contribution >= 0.6 is 0 Å². The number of esters is 2. The number of ether oxygens (including phenoxy) is 2. The number of carbonyl (C=O) groups excluding carboxylic acids is 3. The molecule has 1 saturated carbocycles. The highest BCUT2D eigenvalue weighted by Gasteiger charge is 2.58. The third-order valence-corrected chi connectivity index (χ3v) is 4.42. The van der Waals surface area contributed by atoms with Crippen LogP contribution in [0, 0.1) is 11.3 Å². The van der Waals surface area contributed by atoms with Crippen molar-refractivity contribution in [2.75, 3.05) is 13.2 Å². The van der Waals surface area contributed by atoms with Crippen LogP contribution < -0.4 is 0 Å². The minimum Gasteiger partial charge on any atom is -0.465 e. The zero-order valence-corrected chi connectivity index (χ0v) is 12.9. The van der Waals surface area contributed by atoms with Crippen molar-refractivity contribution in [1.82, 2.24) is 0 Å². The Hall–Kier alpha value is -1.65. The van der Waals surface area contributed by atoms with Crippen LogP contribution in [0.1, 0.15) is 46.5 Å². The van der Waals surface area contributed by atoms with Gasteiger partial charge in [-0.2, -0.15) is 0 Å². The van der Waals surface area contributed by atoms with E-state index in [1.807, 2.05) is 6.92 Å². The third kappa shape index (κ3) is 2.49. The molecule has 2 rings (SSSR count). The summed E-state index contributed by atoms with van der Waals surface area (Å²) in [6.45, 7) is 5.81. The second-order valence-corrected chi connectivity index (χ2v) is 5.59. The lowest BCUT2D eigenvalue weighted by atomic mass is 9.83. The van der Waals surface area contributed by atoms with Crippen molar-refractivity contribution in [3.8, 4) is 0 Å². The lowest BCUT2D eigenvalue weighted by Crippen LogP contribution is -2.40. The molecule has 0 aromatic heterocycles. The first-order chi connectivity index (χ1) is 10.00. The van der Waals surface area contributed by atoms with Gasteiger partial charge in [0.1, 0.15) is 0 Å². The zero-order valence-electron chi connectivity index (χ0n) is 12.9. The molecule has 0 saturated heterocycles.